The second-order valence-electron chi connectivity index (χ2n) is 20.6. The lowest BCUT2D eigenvalue weighted by Gasteiger charge is -2.38. The van der Waals surface area contributed by atoms with Gasteiger partial charge < -0.3 is 24.7 Å². The fourth-order valence-electron chi connectivity index (χ4n) is 9.55. The number of nitrogens with zero attached hydrogens (tertiary/aromatic N) is 4. The summed E-state index contributed by atoms with van der Waals surface area (Å²) in [7, 11) is 0. The Labute approximate surface area is 482 Å². The lowest BCUT2D eigenvalue weighted by molar-refractivity contribution is -0.149. The van der Waals surface area contributed by atoms with E-state index in [1.54, 1.807) is 14.7 Å². The van der Waals surface area contributed by atoms with Crippen molar-refractivity contribution in [3.05, 3.63) is 226 Å². The fraction of sp³-hybridized carbons (Fsp3) is 0.328. The maximum absolute atomic E-state index is 14.1. The number of hydrogen-bond acceptors (Lipinski definition) is 5. The largest absolute Gasteiger partial charge is 0.480 e. The smallest absolute Gasteiger partial charge is 0.416 e. The molecular weight excluding hydrogens is 1070 g/mol. The van der Waals surface area contributed by atoms with E-state index in [0.29, 0.717) is 37.3 Å². The van der Waals surface area contributed by atoms with Crippen molar-refractivity contribution in [3.8, 4) is 0 Å². The Morgan fingerprint density at radius 1 is 0.494 bits per heavy atom. The molecule has 438 valence electrons. The molecule has 1 fully saturated rings. The summed E-state index contributed by atoms with van der Waals surface area (Å²) in [6, 6.07) is 41.4. The predicted molar refractivity (Wildman–Crippen MR) is 311 cm³/mol. The van der Waals surface area contributed by atoms with Crippen LogP contribution < -0.4 is 0 Å². The van der Waals surface area contributed by atoms with Crippen LogP contribution >= 0.6 is 0 Å². The highest BCUT2D eigenvalue weighted by Gasteiger charge is 2.35. The Morgan fingerprint density at radius 3 is 1.23 bits per heavy atom. The minimum atomic E-state index is -4.46. The molecule has 83 heavy (non-hydrogen) atoms. The molecule has 1 aliphatic heterocycles. The average Bonchev–Trinajstić information content (AvgIpc) is 3.60. The third-order valence-corrected chi connectivity index (χ3v) is 14.4. The first-order valence-electron chi connectivity index (χ1n) is 28.1. The summed E-state index contributed by atoms with van der Waals surface area (Å²) in [5, 5.41) is 10.1. The number of piperazine rings is 1. The van der Waals surface area contributed by atoms with Crippen molar-refractivity contribution in [3.63, 3.8) is 0 Å². The number of halogens is 6. The number of benzene rings is 6. The first-order chi connectivity index (χ1) is 39.8. The van der Waals surface area contributed by atoms with Crippen molar-refractivity contribution in [1.82, 2.24) is 19.6 Å². The molecule has 0 aliphatic carbocycles. The van der Waals surface area contributed by atoms with Crippen molar-refractivity contribution in [2.24, 2.45) is 0 Å². The third kappa shape index (κ3) is 20.6. The molecule has 0 unspecified atom stereocenters. The van der Waals surface area contributed by atoms with E-state index in [-0.39, 0.29) is 31.8 Å². The van der Waals surface area contributed by atoms with Crippen LogP contribution in [0.3, 0.4) is 0 Å². The highest BCUT2D eigenvalue weighted by atomic mass is 19.4. The number of unbranched alkanes of at least 4 members (excludes halogenated alkanes) is 4. The summed E-state index contributed by atoms with van der Waals surface area (Å²) in [6.45, 7) is 6.10. The van der Waals surface area contributed by atoms with Gasteiger partial charge in [-0.3, -0.25) is 19.2 Å². The van der Waals surface area contributed by atoms with E-state index >= 15 is 0 Å². The molecule has 6 aromatic carbocycles. The first kappa shape index (κ1) is 63.9. The van der Waals surface area contributed by atoms with E-state index in [4.69, 9.17) is 0 Å². The molecule has 0 radical (unpaired) electrons. The SMILES string of the molecule is CCCCCc1ccc(CN(C(=O)/C=C/c2ccc(C(F)(F)F)cc2)[C@@H](Cc2ccccc2)C(=O)N2CCN(C=O)CC2)cc1.CCCCCc1ccc(CN(C(=O)/C=C/c2ccc(C(F)(F)F)cc2)[C@@H](Cc2ccccc2)C(=O)O)cc1. The third-order valence-electron chi connectivity index (χ3n) is 14.4. The fourth-order valence-corrected chi connectivity index (χ4v) is 9.55. The summed E-state index contributed by atoms with van der Waals surface area (Å²) >= 11 is 0. The molecule has 0 spiro atoms. The van der Waals surface area contributed by atoms with E-state index < -0.39 is 53.3 Å². The van der Waals surface area contributed by atoms with Crippen LogP contribution in [0.15, 0.2) is 170 Å². The number of aryl methyl sites for hydroxylation is 2. The zero-order chi connectivity index (χ0) is 59.8. The molecule has 1 heterocycles. The average molecular weight is 1140 g/mol. The number of aliphatic carboxylic acids is 1. The van der Waals surface area contributed by atoms with Gasteiger partial charge in [-0.2, -0.15) is 26.3 Å². The van der Waals surface area contributed by atoms with Gasteiger partial charge in [0.2, 0.25) is 24.1 Å². The summed E-state index contributed by atoms with van der Waals surface area (Å²) in [6.07, 6.45) is 6.34. The Hall–Kier alpha value is -8.27. The van der Waals surface area contributed by atoms with E-state index in [1.807, 2.05) is 97.1 Å². The standard InChI is InChI=1S/C36H40F3N3O3.C31H32F3NO3/c1-2-3-5-8-28-11-13-31(14-12-28)26-42(34(44)20-17-29-15-18-32(19-16-29)36(37,38)39)33(25-30-9-6-4-7-10-30)35(45)41-23-21-40(27-43)22-24-41;1-2-3-5-8-23-11-13-26(14-12-23)22-35(28(30(37)38)21-25-9-6-4-7-10-25)29(36)20-17-24-15-18-27(19-16-24)31(32,33)34/h4,6-7,9-20,27,33H,2-3,5,8,21-26H2,1H3;4,6-7,9-20,28H,2-3,5,8,21-22H2,1H3,(H,37,38)/b2*20-17+/t33-;28-/m00/s1. The number of carbonyl (C=O) groups is 5. The van der Waals surface area contributed by atoms with Gasteiger partial charge in [0.25, 0.3) is 0 Å². The highest BCUT2D eigenvalue weighted by molar-refractivity contribution is 5.96. The van der Waals surface area contributed by atoms with Gasteiger partial charge in [0.1, 0.15) is 12.1 Å². The van der Waals surface area contributed by atoms with Gasteiger partial charge in [0, 0.05) is 64.3 Å². The van der Waals surface area contributed by atoms with Gasteiger partial charge in [-0.1, -0.05) is 173 Å². The Bertz CT molecular complexity index is 3030. The minimum Gasteiger partial charge on any atom is -0.480 e. The van der Waals surface area contributed by atoms with Gasteiger partial charge in [-0.25, -0.2) is 4.79 Å². The van der Waals surface area contributed by atoms with Crippen LogP contribution in [0.25, 0.3) is 12.2 Å². The minimum absolute atomic E-state index is 0.0786. The molecule has 1 N–H and O–H groups in total. The van der Waals surface area contributed by atoms with Gasteiger partial charge in [0.05, 0.1) is 11.1 Å². The molecule has 0 saturated carbocycles. The Balaban J connectivity index is 0.000000271. The maximum atomic E-state index is 14.1. The molecule has 16 heteroatoms. The van der Waals surface area contributed by atoms with Crippen molar-refractivity contribution >= 4 is 42.3 Å². The lowest BCUT2D eigenvalue weighted by atomic mass is 10.0. The molecule has 7 rings (SSSR count). The molecular formula is C67H72F6N4O6. The van der Waals surface area contributed by atoms with E-state index in [2.05, 4.69) is 26.0 Å². The molecule has 10 nitrogen and oxygen atoms in total. The molecule has 4 amide bonds. The topological polar surface area (TPSA) is 119 Å². The highest BCUT2D eigenvalue weighted by Crippen LogP contribution is 2.31. The lowest BCUT2D eigenvalue weighted by Crippen LogP contribution is -2.56. The summed E-state index contributed by atoms with van der Waals surface area (Å²) in [5.41, 5.74) is 4.99. The Morgan fingerprint density at radius 2 is 0.867 bits per heavy atom. The molecule has 0 bridgehead atoms. The predicted octanol–water partition coefficient (Wildman–Crippen LogP) is 13.6. The molecule has 0 aromatic heterocycles. The Kier molecular flexibility index (Phi) is 24.5. The van der Waals surface area contributed by atoms with E-state index in [9.17, 15) is 55.4 Å². The van der Waals surface area contributed by atoms with Gasteiger partial charge >= 0.3 is 18.3 Å². The van der Waals surface area contributed by atoms with Crippen molar-refractivity contribution in [2.45, 2.75) is 116 Å². The number of hydrogen-bond donors (Lipinski definition) is 1. The van der Waals surface area contributed by atoms with Crippen molar-refractivity contribution in [2.75, 3.05) is 26.2 Å². The van der Waals surface area contributed by atoms with Gasteiger partial charge in [0.15, 0.2) is 0 Å². The number of carbonyl (C=O) groups excluding carboxylic acids is 4. The number of amides is 4. The monoisotopic (exact) mass is 1140 g/mol. The first-order valence-corrected chi connectivity index (χ1v) is 28.1. The number of carboxylic acid groups (broad SMARTS) is 1. The van der Waals surface area contributed by atoms with Crippen LogP contribution in [0.5, 0.6) is 0 Å². The quantitative estimate of drug-likeness (QED) is 0.0264. The second kappa shape index (κ2) is 31.8. The molecule has 6 aromatic rings. The number of carboxylic acids is 1. The normalized spacial score (nSPS) is 13.5. The number of alkyl halides is 6. The summed E-state index contributed by atoms with van der Waals surface area (Å²) in [5.74, 6) is -2.32. The van der Waals surface area contributed by atoms with Crippen LogP contribution in [-0.2, 0) is 75.1 Å². The zero-order valence-electron chi connectivity index (χ0n) is 46.9. The van der Waals surface area contributed by atoms with Gasteiger partial charge in [-0.05, 0) is 107 Å². The van der Waals surface area contributed by atoms with E-state index in [1.165, 1.54) is 64.6 Å². The summed E-state index contributed by atoms with van der Waals surface area (Å²) in [4.78, 5) is 71.2. The van der Waals surface area contributed by atoms with Crippen LogP contribution in [0.2, 0.25) is 0 Å². The van der Waals surface area contributed by atoms with Crippen LogP contribution in [0.1, 0.15) is 108 Å². The van der Waals surface area contributed by atoms with E-state index in [0.717, 1.165) is 104 Å². The molecule has 2 atom stereocenters. The van der Waals surface area contributed by atoms with Crippen LogP contribution in [0, 0.1) is 0 Å². The molecule has 1 saturated heterocycles. The van der Waals surface area contributed by atoms with Crippen LogP contribution in [0.4, 0.5) is 26.3 Å². The summed E-state index contributed by atoms with van der Waals surface area (Å²) < 4.78 is 77.7. The zero-order valence-corrected chi connectivity index (χ0v) is 46.9. The number of rotatable bonds is 25. The van der Waals surface area contributed by atoms with Crippen molar-refractivity contribution < 1.29 is 55.4 Å². The van der Waals surface area contributed by atoms with Crippen LogP contribution in [-0.4, -0.2) is 93.1 Å². The molecule has 1 aliphatic rings. The van der Waals surface area contributed by atoms with Gasteiger partial charge in [-0.15, -0.1) is 0 Å². The maximum Gasteiger partial charge on any atom is 0.416 e. The van der Waals surface area contributed by atoms with Crippen molar-refractivity contribution in [1.29, 1.82) is 0 Å². The second-order valence-corrected chi connectivity index (χ2v) is 20.6.